The van der Waals surface area contributed by atoms with Crippen LogP contribution >= 0.6 is 27.7 Å². The van der Waals surface area contributed by atoms with E-state index in [1.54, 1.807) is 12.4 Å². The molecular formula is C23H20BrN5OS. The lowest BCUT2D eigenvalue weighted by Crippen LogP contribution is -2.15. The molecule has 0 fully saturated rings. The number of thioether (sulfide) groups is 1. The van der Waals surface area contributed by atoms with Crippen molar-refractivity contribution in [2.45, 2.75) is 19.0 Å². The second-order valence-electron chi connectivity index (χ2n) is 7.04. The topological polar surface area (TPSA) is 72.7 Å². The summed E-state index contributed by atoms with van der Waals surface area (Å²) in [6.45, 7) is 4.05. The minimum absolute atomic E-state index is 0.115. The molecule has 6 nitrogen and oxygen atoms in total. The van der Waals surface area contributed by atoms with E-state index in [1.807, 2.05) is 73.0 Å². The number of amides is 1. The number of aromatic nitrogens is 4. The van der Waals surface area contributed by atoms with Gasteiger partial charge >= 0.3 is 0 Å². The van der Waals surface area contributed by atoms with Crippen molar-refractivity contribution in [1.29, 1.82) is 0 Å². The van der Waals surface area contributed by atoms with Gasteiger partial charge in [-0.15, -0.1) is 10.2 Å². The quantitative estimate of drug-likeness (QED) is 0.362. The average molecular weight is 494 g/mol. The molecule has 0 spiro atoms. The van der Waals surface area contributed by atoms with Crippen LogP contribution in [0.4, 0.5) is 5.69 Å². The highest BCUT2D eigenvalue weighted by atomic mass is 79.9. The highest BCUT2D eigenvalue weighted by Crippen LogP contribution is 2.28. The van der Waals surface area contributed by atoms with Crippen LogP contribution in [0.2, 0.25) is 0 Å². The molecule has 0 saturated carbocycles. The molecule has 1 amide bonds. The number of rotatable bonds is 6. The number of carbonyl (C=O) groups excluding carboxylic acids is 1. The van der Waals surface area contributed by atoms with Gasteiger partial charge in [0.15, 0.2) is 11.0 Å². The fraction of sp³-hybridized carbons (Fsp3) is 0.130. The highest BCUT2D eigenvalue weighted by molar-refractivity contribution is 9.10. The van der Waals surface area contributed by atoms with Gasteiger partial charge in [0.1, 0.15) is 0 Å². The van der Waals surface area contributed by atoms with Crippen molar-refractivity contribution in [2.75, 3.05) is 11.1 Å². The van der Waals surface area contributed by atoms with E-state index in [4.69, 9.17) is 0 Å². The summed E-state index contributed by atoms with van der Waals surface area (Å²) in [5.41, 5.74) is 4.81. The molecule has 2 aromatic carbocycles. The average Bonchev–Trinajstić information content (AvgIpc) is 3.19. The van der Waals surface area contributed by atoms with Crippen molar-refractivity contribution in [1.82, 2.24) is 19.7 Å². The zero-order chi connectivity index (χ0) is 21.8. The van der Waals surface area contributed by atoms with Gasteiger partial charge in [-0.3, -0.25) is 14.3 Å². The normalized spacial score (nSPS) is 10.8. The number of halogens is 1. The Balaban J connectivity index is 1.58. The van der Waals surface area contributed by atoms with Crippen LogP contribution in [0, 0.1) is 13.8 Å². The van der Waals surface area contributed by atoms with Crippen LogP contribution in [-0.2, 0) is 4.79 Å². The van der Waals surface area contributed by atoms with Crippen LogP contribution in [0.15, 0.2) is 76.6 Å². The predicted molar refractivity (Wildman–Crippen MR) is 128 cm³/mol. The number of benzene rings is 2. The number of pyridine rings is 1. The van der Waals surface area contributed by atoms with Crippen LogP contribution in [0.25, 0.3) is 17.1 Å². The number of hydrogen-bond donors (Lipinski definition) is 1. The Morgan fingerprint density at radius 2 is 1.84 bits per heavy atom. The fourth-order valence-corrected chi connectivity index (χ4v) is 4.35. The second-order valence-corrected chi connectivity index (χ2v) is 8.84. The molecule has 0 unspecified atom stereocenters. The lowest BCUT2D eigenvalue weighted by Gasteiger charge is -2.11. The molecule has 0 saturated heterocycles. The van der Waals surface area contributed by atoms with Gasteiger partial charge in [-0.25, -0.2) is 0 Å². The Hall–Kier alpha value is -2.97. The zero-order valence-corrected chi connectivity index (χ0v) is 19.4. The molecular weight excluding hydrogens is 474 g/mol. The molecule has 0 radical (unpaired) electrons. The summed E-state index contributed by atoms with van der Waals surface area (Å²) >= 11 is 4.83. The molecule has 156 valence electrons. The van der Waals surface area contributed by atoms with Gasteiger partial charge in [-0.2, -0.15) is 0 Å². The first-order chi connectivity index (χ1) is 15.0. The smallest absolute Gasteiger partial charge is 0.234 e. The van der Waals surface area contributed by atoms with E-state index in [9.17, 15) is 4.79 Å². The number of hydrogen-bond acceptors (Lipinski definition) is 5. The molecule has 8 heteroatoms. The van der Waals surface area contributed by atoms with E-state index in [0.717, 1.165) is 32.5 Å². The van der Waals surface area contributed by atoms with E-state index in [-0.39, 0.29) is 11.7 Å². The van der Waals surface area contributed by atoms with Crippen LogP contribution < -0.4 is 5.32 Å². The van der Waals surface area contributed by atoms with Crippen LogP contribution in [0.3, 0.4) is 0 Å². The van der Waals surface area contributed by atoms with Crippen molar-refractivity contribution in [3.05, 3.63) is 82.6 Å². The first-order valence-electron chi connectivity index (χ1n) is 9.63. The Labute approximate surface area is 193 Å². The lowest BCUT2D eigenvalue weighted by molar-refractivity contribution is -0.113. The summed E-state index contributed by atoms with van der Waals surface area (Å²) in [4.78, 5) is 16.8. The van der Waals surface area contributed by atoms with Gasteiger partial charge in [0.2, 0.25) is 5.91 Å². The number of carbonyl (C=O) groups is 1. The largest absolute Gasteiger partial charge is 0.324 e. The molecule has 0 aliphatic rings. The van der Waals surface area contributed by atoms with Crippen molar-refractivity contribution >= 4 is 39.3 Å². The van der Waals surface area contributed by atoms with Gasteiger partial charge in [-0.1, -0.05) is 35.5 Å². The van der Waals surface area contributed by atoms with Gasteiger partial charge < -0.3 is 5.32 Å². The van der Waals surface area contributed by atoms with E-state index >= 15 is 0 Å². The summed E-state index contributed by atoms with van der Waals surface area (Å²) in [7, 11) is 0. The second kappa shape index (κ2) is 9.45. The molecule has 0 bridgehead atoms. The molecule has 2 heterocycles. The summed E-state index contributed by atoms with van der Waals surface area (Å²) in [6.07, 6.45) is 3.48. The number of nitrogens with one attached hydrogen (secondary N) is 1. The van der Waals surface area contributed by atoms with E-state index < -0.39 is 0 Å². The molecule has 4 aromatic rings. The summed E-state index contributed by atoms with van der Waals surface area (Å²) in [6, 6.07) is 17.7. The van der Waals surface area contributed by atoms with Crippen molar-refractivity contribution < 1.29 is 4.79 Å². The third kappa shape index (κ3) is 5.03. The lowest BCUT2D eigenvalue weighted by atomic mass is 10.2. The van der Waals surface area contributed by atoms with Gasteiger partial charge in [0, 0.05) is 28.1 Å². The standard InChI is InChI=1S/C23H20BrN5OS/c1-15-5-8-18(9-6-15)29-22(17-4-3-11-25-13-17)27-28-23(29)31-14-21(30)26-20-10-7-16(2)12-19(20)24/h3-13H,14H2,1-2H3,(H,26,30). The number of anilines is 1. The fourth-order valence-electron chi connectivity index (χ4n) is 3.01. The van der Waals surface area contributed by atoms with E-state index in [2.05, 4.69) is 36.4 Å². The summed E-state index contributed by atoms with van der Waals surface area (Å²) in [5, 5.41) is 12.3. The minimum Gasteiger partial charge on any atom is -0.324 e. The Morgan fingerprint density at radius 3 is 2.55 bits per heavy atom. The van der Waals surface area contributed by atoms with E-state index in [0.29, 0.717) is 11.0 Å². The van der Waals surface area contributed by atoms with Crippen LogP contribution in [0.5, 0.6) is 0 Å². The Morgan fingerprint density at radius 1 is 1.06 bits per heavy atom. The van der Waals surface area contributed by atoms with Gasteiger partial charge in [0.25, 0.3) is 0 Å². The predicted octanol–water partition coefficient (Wildman–Crippen LogP) is 5.44. The Kier molecular flexibility index (Phi) is 6.48. The third-order valence-electron chi connectivity index (χ3n) is 4.58. The SMILES string of the molecule is Cc1ccc(-n2c(SCC(=O)Nc3ccc(C)cc3Br)nnc2-c2cccnc2)cc1. The summed E-state index contributed by atoms with van der Waals surface area (Å²) in [5.74, 6) is 0.772. The highest BCUT2D eigenvalue weighted by Gasteiger charge is 2.17. The minimum atomic E-state index is -0.115. The number of nitrogens with zero attached hydrogens (tertiary/aromatic N) is 4. The van der Waals surface area contributed by atoms with Crippen LogP contribution in [0.1, 0.15) is 11.1 Å². The zero-order valence-electron chi connectivity index (χ0n) is 17.0. The third-order valence-corrected chi connectivity index (χ3v) is 6.16. The molecule has 4 rings (SSSR count). The van der Waals surface area contributed by atoms with Crippen molar-refractivity contribution in [2.24, 2.45) is 0 Å². The van der Waals surface area contributed by atoms with Crippen molar-refractivity contribution in [3.63, 3.8) is 0 Å². The van der Waals surface area contributed by atoms with Crippen LogP contribution in [-0.4, -0.2) is 31.4 Å². The van der Waals surface area contributed by atoms with Gasteiger partial charge in [-0.05, 0) is 71.7 Å². The molecule has 1 N–H and O–H groups in total. The molecule has 31 heavy (non-hydrogen) atoms. The molecule has 2 aromatic heterocycles. The molecule has 0 atom stereocenters. The monoisotopic (exact) mass is 493 g/mol. The van der Waals surface area contributed by atoms with Gasteiger partial charge in [0.05, 0.1) is 11.4 Å². The first kappa shape index (κ1) is 21.3. The maximum Gasteiger partial charge on any atom is 0.234 e. The maximum atomic E-state index is 12.6. The number of aryl methyl sites for hydroxylation is 2. The maximum absolute atomic E-state index is 12.6. The first-order valence-corrected chi connectivity index (χ1v) is 11.4. The summed E-state index contributed by atoms with van der Waals surface area (Å²) < 4.78 is 2.81. The Bertz CT molecular complexity index is 1210. The van der Waals surface area contributed by atoms with Crippen molar-refractivity contribution in [3.8, 4) is 17.1 Å². The molecule has 0 aliphatic carbocycles. The van der Waals surface area contributed by atoms with E-state index in [1.165, 1.54) is 11.8 Å². The molecule has 0 aliphatic heterocycles.